The number of hydrogen-bond acceptors (Lipinski definition) is 6. The molecule has 6 rings (SSSR count). The second-order valence-electron chi connectivity index (χ2n) is 12.4. The van der Waals surface area contributed by atoms with Crippen LogP contribution >= 0.6 is 0 Å². The van der Waals surface area contributed by atoms with Gasteiger partial charge in [-0.2, -0.15) is 13.2 Å². The molecule has 11 heteroatoms. The number of carbonyl (C=O) groups is 2. The molecule has 258 valence electrons. The van der Waals surface area contributed by atoms with Crippen molar-refractivity contribution in [1.29, 1.82) is 0 Å². The summed E-state index contributed by atoms with van der Waals surface area (Å²) in [7, 11) is 7.03. The molecule has 0 bridgehead atoms. The van der Waals surface area contributed by atoms with Gasteiger partial charge in [0.05, 0.1) is 30.9 Å². The van der Waals surface area contributed by atoms with E-state index in [1.807, 2.05) is 37.4 Å². The van der Waals surface area contributed by atoms with Gasteiger partial charge in [0.15, 0.2) is 0 Å². The van der Waals surface area contributed by atoms with Crippen LogP contribution in [0, 0.1) is 6.92 Å². The van der Waals surface area contributed by atoms with Crippen LogP contribution in [0.25, 0.3) is 0 Å². The van der Waals surface area contributed by atoms with Crippen molar-refractivity contribution < 1.29 is 32.2 Å². The van der Waals surface area contributed by atoms with Gasteiger partial charge in [0.25, 0.3) is 11.8 Å². The number of nitrogens with zero attached hydrogens (tertiary/aromatic N) is 2. The number of para-hydroxylation sites is 1. The lowest BCUT2D eigenvalue weighted by atomic mass is 9.99. The van der Waals surface area contributed by atoms with E-state index >= 15 is 0 Å². The van der Waals surface area contributed by atoms with Crippen molar-refractivity contribution in [3.05, 3.63) is 117 Å². The van der Waals surface area contributed by atoms with Crippen LogP contribution in [-0.4, -0.2) is 63.0 Å². The molecule has 49 heavy (non-hydrogen) atoms. The van der Waals surface area contributed by atoms with E-state index in [-0.39, 0.29) is 22.8 Å². The SMILES string of the molecule is COc1cc(C)c(C(F)(F)F)cc1C(=O)Nc1ccc2c(c1)CN(C)CC2.COc1ccccc1C(=O)Nc1ccc2c(c1)CN(C)CC2. The zero-order valence-corrected chi connectivity index (χ0v) is 28.3. The molecule has 2 amide bonds. The van der Waals surface area contributed by atoms with Gasteiger partial charge in [0.2, 0.25) is 0 Å². The van der Waals surface area contributed by atoms with E-state index in [0.29, 0.717) is 17.0 Å². The summed E-state index contributed by atoms with van der Waals surface area (Å²) >= 11 is 0. The Morgan fingerprint density at radius 3 is 1.69 bits per heavy atom. The number of aryl methyl sites for hydroxylation is 1. The van der Waals surface area contributed by atoms with Crippen molar-refractivity contribution in [2.75, 3.05) is 52.0 Å². The molecule has 0 aliphatic carbocycles. The highest BCUT2D eigenvalue weighted by Gasteiger charge is 2.34. The average Bonchev–Trinajstić information content (AvgIpc) is 3.07. The van der Waals surface area contributed by atoms with Crippen LogP contribution in [-0.2, 0) is 32.1 Å². The molecule has 4 aromatic rings. The third-order valence-electron chi connectivity index (χ3n) is 8.78. The van der Waals surface area contributed by atoms with Crippen molar-refractivity contribution in [3.8, 4) is 11.5 Å². The van der Waals surface area contributed by atoms with Crippen molar-refractivity contribution in [2.45, 2.75) is 39.0 Å². The van der Waals surface area contributed by atoms with E-state index in [2.05, 4.69) is 39.6 Å². The van der Waals surface area contributed by atoms with Crippen LogP contribution in [0.1, 0.15) is 54.1 Å². The lowest BCUT2D eigenvalue weighted by Gasteiger charge is -2.25. The Labute approximate surface area is 284 Å². The highest BCUT2D eigenvalue weighted by atomic mass is 19.4. The molecule has 0 saturated heterocycles. The largest absolute Gasteiger partial charge is 0.496 e. The Kier molecular flexibility index (Phi) is 10.9. The number of anilines is 2. The van der Waals surface area contributed by atoms with E-state index in [4.69, 9.17) is 9.47 Å². The van der Waals surface area contributed by atoms with Gasteiger partial charge in [0, 0.05) is 37.6 Å². The molecular formula is C38H41F3N4O4. The number of methoxy groups -OCH3 is 2. The number of nitrogens with one attached hydrogen (secondary N) is 2. The van der Waals surface area contributed by atoms with Gasteiger partial charge in [-0.15, -0.1) is 0 Å². The van der Waals surface area contributed by atoms with Gasteiger partial charge in [-0.25, -0.2) is 0 Å². The first-order valence-electron chi connectivity index (χ1n) is 16.0. The maximum Gasteiger partial charge on any atom is 0.416 e. The standard InChI is InChI=1S/C20H21F3N2O2.C18H20N2O2/c1-12-8-18(27-3)16(10-17(12)20(21,22)23)19(26)24-15-5-4-13-6-7-25(2)11-14(13)9-15;1-20-10-9-13-7-8-15(11-14(13)12-20)19-18(21)16-5-3-4-6-17(16)22-2/h4-5,8-10H,6-7,11H2,1-3H3,(H,24,26);3-8,11H,9-10,12H2,1-2H3,(H,19,21). The molecule has 8 nitrogen and oxygen atoms in total. The first-order chi connectivity index (χ1) is 23.4. The maximum atomic E-state index is 13.2. The fraction of sp³-hybridized carbons (Fsp3) is 0.316. The molecule has 2 aliphatic heterocycles. The van der Waals surface area contributed by atoms with E-state index in [9.17, 15) is 22.8 Å². The third-order valence-corrected chi connectivity index (χ3v) is 8.78. The van der Waals surface area contributed by atoms with Gasteiger partial charge in [-0.05, 0) is 110 Å². The highest BCUT2D eigenvalue weighted by molar-refractivity contribution is 6.07. The molecule has 2 N–H and O–H groups in total. The number of benzene rings is 4. The van der Waals surface area contributed by atoms with E-state index in [0.717, 1.165) is 56.3 Å². The normalized spacial score (nSPS) is 14.4. The van der Waals surface area contributed by atoms with Crippen LogP contribution in [0.3, 0.4) is 0 Å². The Balaban J connectivity index is 0.000000195. The summed E-state index contributed by atoms with van der Waals surface area (Å²) in [6.45, 7) is 5.09. The number of amides is 2. The average molecular weight is 675 g/mol. The lowest BCUT2D eigenvalue weighted by molar-refractivity contribution is -0.138. The van der Waals surface area contributed by atoms with Crippen LogP contribution in [0.15, 0.2) is 72.8 Å². The zero-order valence-electron chi connectivity index (χ0n) is 28.3. The number of hydrogen-bond donors (Lipinski definition) is 2. The Hall–Kier alpha value is -4.87. The van der Waals surface area contributed by atoms with Crippen LogP contribution in [0.5, 0.6) is 11.5 Å². The molecule has 0 saturated carbocycles. The Morgan fingerprint density at radius 1 is 0.673 bits per heavy atom. The topological polar surface area (TPSA) is 83.1 Å². The number of likely N-dealkylation sites (N-methyl/N-ethyl adjacent to an activating group) is 2. The molecule has 0 unspecified atom stereocenters. The minimum absolute atomic E-state index is 0.00715. The second kappa shape index (κ2) is 15.1. The first kappa shape index (κ1) is 35.4. The quantitative estimate of drug-likeness (QED) is 0.225. The van der Waals surface area contributed by atoms with Crippen molar-refractivity contribution in [3.63, 3.8) is 0 Å². The fourth-order valence-electron chi connectivity index (χ4n) is 6.11. The summed E-state index contributed by atoms with van der Waals surface area (Å²) in [5, 5.41) is 5.65. The predicted molar refractivity (Wildman–Crippen MR) is 185 cm³/mol. The molecule has 0 spiro atoms. The Morgan fingerprint density at radius 2 is 1.18 bits per heavy atom. The molecule has 0 radical (unpaired) electrons. The fourth-order valence-corrected chi connectivity index (χ4v) is 6.11. The summed E-state index contributed by atoms with van der Waals surface area (Å²) in [6, 6.07) is 21.1. The zero-order chi connectivity index (χ0) is 35.3. The monoisotopic (exact) mass is 674 g/mol. The van der Waals surface area contributed by atoms with Gasteiger partial charge in [0.1, 0.15) is 11.5 Å². The van der Waals surface area contributed by atoms with Crippen LogP contribution < -0.4 is 20.1 Å². The van der Waals surface area contributed by atoms with Crippen molar-refractivity contribution >= 4 is 23.2 Å². The summed E-state index contributed by atoms with van der Waals surface area (Å²) in [5.74, 6) is -0.101. The summed E-state index contributed by atoms with van der Waals surface area (Å²) < 4.78 is 50.0. The number of rotatable bonds is 6. The van der Waals surface area contributed by atoms with Crippen LogP contribution in [0.2, 0.25) is 0 Å². The molecule has 0 fully saturated rings. The highest BCUT2D eigenvalue weighted by Crippen LogP contribution is 2.36. The van der Waals surface area contributed by atoms with E-state index in [1.54, 1.807) is 25.3 Å². The van der Waals surface area contributed by atoms with Gasteiger partial charge < -0.3 is 29.9 Å². The molecule has 0 aromatic heterocycles. The maximum absolute atomic E-state index is 13.2. The minimum atomic E-state index is -4.54. The third kappa shape index (κ3) is 8.60. The summed E-state index contributed by atoms with van der Waals surface area (Å²) in [5.41, 5.74) is 5.90. The molecular weight excluding hydrogens is 633 g/mol. The first-order valence-corrected chi connectivity index (χ1v) is 16.0. The van der Waals surface area contributed by atoms with Gasteiger partial charge in [-0.3, -0.25) is 9.59 Å². The van der Waals surface area contributed by atoms with E-state index < -0.39 is 17.6 Å². The van der Waals surface area contributed by atoms with E-state index in [1.165, 1.54) is 36.8 Å². The van der Waals surface area contributed by atoms with Crippen LogP contribution in [0.4, 0.5) is 24.5 Å². The molecule has 0 atom stereocenters. The molecule has 2 aliphatic rings. The number of fused-ring (bicyclic) bond motifs is 2. The minimum Gasteiger partial charge on any atom is -0.496 e. The van der Waals surface area contributed by atoms with Crippen molar-refractivity contribution in [1.82, 2.24) is 9.80 Å². The number of alkyl halides is 3. The predicted octanol–water partition coefficient (Wildman–Crippen LogP) is 7.20. The number of carbonyl (C=O) groups excluding carboxylic acids is 2. The smallest absolute Gasteiger partial charge is 0.416 e. The van der Waals surface area contributed by atoms with Crippen molar-refractivity contribution in [2.24, 2.45) is 0 Å². The Bertz CT molecular complexity index is 1840. The number of ether oxygens (including phenoxy) is 2. The summed E-state index contributed by atoms with van der Waals surface area (Å²) in [4.78, 5) is 29.5. The second-order valence-corrected chi connectivity index (χ2v) is 12.4. The molecule has 2 heterocycles. The molecule has 4 aromatic carbocycles. The van der Waals surface area contributed by atoms with Gasteiger partial charge in [-0.1, -0.05) is 24.3 Å². The summed E-state index contributed by atoms with van der Waals surface area (Å²) in [6.07, 6.45) is -2.55. The lowest BCUT2D eigenvalue weighted by Crippen LogP contribution is -2.26. The van der Waals surface area contributed by atoms with Gasteiger partial charge >= 0.3 is 6.18 Å². The number of halogens is 3.